The Morgan fingerprint density at radius 3 is 2.67 bits per heavy atom. The normalized spacial score (nSPS) is 29.4. The number of aromatic nitrogens is 2. The van der Waals surface area contributed by atoms with Gasteiger partial charge in [0.25, 0.3) is 0 Å². The van der Waals surface area contributed by atoms with Gasteiger partial charge in [0, 0.05) is 19.3 Å². The van der Waals surface area contributed by atoms with Crippen molar-refractivity contribution in [2.75, 3.05) is 14.1 Å². The number of thioether (sulfide) groups is 1. The van der Waals surface area contributed by atoms with Crippen LogP contribution in [0.1, 0.15) is 20.3 Å². The van der Waals surface area contributed by atoms with E-state index < -0.39 is 0 Å². The highest BCUT2D eigenvalue weighted by molar-refractivity contribution is 7.99. The van der Waals surface area contributed by atoms with Crippen LogP contribution in [0.3, 0.4) is 0 Å². The molecule has 0 spiro atoms. The number of hydrogen-bond acceptors (Lipinski definition) is 7. The van der Waals surface area contributed by atoms with Crippen LogP contribution >= 0.6 is 11.8 Å². The molecule has 1 aliphatic heterocycles. The first-order valence-electron chi connectivity index (χ1n) is 6.90. The number of carbonyl (C=O) groups excluding carboxylic acids is 1. The molecule has 1 aromatic heterocycles. The third-order valence-electron chi connectivity index (χ3n) is 3.32. The standard InChI is InChI=1S/C14H21N3O3S/c1-9-8-11(17(3)4)12(20-10(2)18)13(19-9)21-14-15-6-5-7-16-14/h5-7,9,11-13H,8H2,1-4H3. The van der Waals surface area contributed by atoms with Gasteiger partial charge in [-0.2, -0.15) is 0 Å². The van der Waals surface area contributed by atoms with Gasteiger partial charge in [-0.15, -0.1) is 0 Å². The van der Waals surface area contributed by atoms with Crippen LogP contribution < -0.4 is 0 Å². The van der Waals surface area contributed by atoms with Crippen LogP contribution in [-0.4, -0.2) is 58.6 Å². The van der Waals surface area contributed by atoms with E-state index in [1.165, 1.54) is 18.7 Å². The van der Waals surface area contributed by atoms with Crippen LogP contribution in [0.4, 0.5) is 0 Å². The number of nitrogens with zero attached hydrogens (tertiary/aromatic N) is 3. The van der Waals surface area contributed by atoms with Gasteiger partial charge >= 0.3 is 5.97 Å². The van der Waals surface area contributed by atoms with Crippen molar-refractivity contribution in [2.24, 2.45) is 0 Å². The quantitative estimate of drug-likeness (QED) is 0.617. The lowest BCUT2D eigenvalue weighted by atomic mass is 10.0. The Hall–Kier alpha value is -1.18. The van der Waals surface area contributed by atoms with Gasteiger partial charge < -0.3 is 14.4 Å². The Morgan fingerprint density at radius 2 is 2.10 bits per heavy atom. The maximum absolute atomic E-state index is 11.4. The van der Waals surface area contributed by atoms with Crippen LogP contribution in [0.15, 0.2) is 23.6 Å². The predicted molar refractivity (Wildman–Crippen MR) is 79.9 cm³/mol. The fraction of sp³-hybridized carbons (Fsp3) is 0.643. The molecular weight excluding hydrogens is 290 g/mol. The monoisotopic (exact) mass is 311 g/mol. The highest BCUT2D eigenvalue weighted by atomic mass is 32.2. The molecule has 6 nitrogen and oxygen atoms in total. The first-order valence-corrected chi connectivity index (χ1v) is 7.78. The second-order valence-corrected chi connectivity index (χ2v) is 6.37. The first kappa shape index (κ1) is 16.2. The van der Waals surface area contributed by atoms with Crippen molar-refractivity contribution in [1.29, 1.82) is 0 Å². The number of rotatable bonds is 4. The maximum Gasteiger partial charge on any atom is 0.303 e. The number of hydrogen-bond donors (Lipinski definition) is 0. The first-order chi connectivity index (χ1) is 9.97. The van der Waals surface area contributed by atoms with Crippen molar-refractivity contribution >= 4 is 17.7 Å². The average Bonchev–Trinajstić information content (AvgIpc) is 2.42. The van der Waals surface area contributed by atoms with Gasteiger partial charge in [0.15, 0.2) is 11.3 Å². The number of likely N-dealkylation sites (N-methyl/N-ethyl adjacent to an activating group) is 1. The third kappa shape index (κ3) is 4.39. The number of ether oxygens (including phenoxy) is 2. The van der Waals surface area contributed by atoms with E-state index in [2.05, 4.69) is 14.9 Å². The average molecular weight is 311 g/mol. The summed E-state index contributed by atoms with van der Waals surface area (Å²) in [4.78, 5) is 21.9. The van der Waals surface area contributed by atoms with E-state index in [1.54, 1.807) is 18.5 Å². The van der Waals surface area contributed by atoms with E-state index in [0.717, 1.165) is 6.42 Å². The van der Waals surface area contributed by atoms with Crippen molar-refractivity contribution in [3.8, 4) is 0 Å². The topological polar surface area (TPSA) is 64.5 Å². The Morgan fingerprint density at radius 1 is 1.43 bits per heavy atom. The van der Waals surface area contributed by atoms with Crippen molar-refractivity contribution < 1.29 is 14.3 Å². The minimum absolute atomic E-state index is 0.0884. The zero-order chi connectivity index (χ0) is 15.4. The molecule has 4 atom stereocenters. The van der Waals surface area contributed by atoms with Crippen LogP contribution in [0, 0.1) is 0 Å². The van der Waals surface area contributed by atoms with Crippen molar-refractivity contribution in [2.45, 2.75) is 49.1 Å². The highest BCUT2D eigenvalue weighted by Gasteiger charge is 2.41. The fourth-order valence-corrected chi connectivity index (χ4v) is 3.46. The summed E-state index contributed by atoms with van der Waals surface area (Å²) in [5.74, 6) is -0.301. The summed E-state index contributed by atoms with van der Waals surface area (Å²) in [5, 5.41) is 0.617. The summed E-state index contributed by atoms with van der Waals surface area (Å²) >= 11 is 1.39. The van der Waals surface area contributed by atoms with Gasteiger partial charge in [-0.3, -0.25) is 4.79 Å². The van der Waals surface area contributed by atoms with Crippen LogP contribution in [0.2, 0.25) is 0 Å². The largest absolute Gasteiger partial charge is 0.457 e. The Balaban J connectivity index is 2.19. The molecule has 1 aliphatic rings. The lowest BCUT2D eigenvalue weighted by molar-refractivity contribution is -0.167. The Bertz CT molecular complexity index is 472. The predicted octanol–water partition coefficient (Wildman–Crippen LogP) is 1.57. The molecular formula is C14H21N3O3S. The molecule has 1 fully saturated rings. The van der Waals surface area contributed by atoms with Gasteiger partial charge in [-0.1, -0.05) is 11.8 Å². The summed E-state index contributed by atoms with van der Waals surface area (Å²) in [6, 6.07) is 1.87. The van der Waals surface area contributed by atoms with Crippen LogP contribution in [-0.2, 0) is 14.3 Å². The lowest BCUT2D eigenvalue weighted by Crippen LogP contribution is -2.53. The zero-order valence-electron chi connectivity index (χ0n) is 12.7. The molecule has 0 aromatic carbocycles. The Kier molecular flexibility index (Phi) is 5.55. The highest BCUT2D eigenvalue weighted by Crippen LogP contribution is 2.34. The van der Waals surface area contributed by atoms with E-state index >= 15 is 0 Å². The number of esters is 1. The molecule has 0 bridgehead atoms. The van der Waals surface area contributed by atoms with E-state index in [1.807, 2.05) is 21.0 Å². The molecule has 0 radical (unpaired) electrons. The molecule has 1 saturated heterocycles. The molecule has 0 N–H and O–H groups in total. The van der Waals surface area contributed by atoms with Gasteiger partial charge in [-0.05, 0) is 33.5 Å². The van der Waals surface area contributed by atoms with Crippen LogP contribution in [0.5, 0.6) is 0 Å². The lowest BCUT2D eigenvalue weighted by Gasteiger charge is -2.42. The minimum Gasteiger partial charge on any atom is -0.457 e. The molecule has 4 unspecified atom stereocenters. The SMILES string of the molecule is CC(=O)OC1C(Sc2ncccn2)OC(C)CC1N(C)C. The van der Waals surface area contributed by atoms with E-state index in [0.29, 0.717) is 5.16 Å². The maximum atomic E-state index is 11.4. The van der Waals surface area contributed by atoms with E-state index in [4.69, 9.17) is 9.47 Å². The van der Waals surface area contributed by atoms with Gasteiger partial charge in [-0.25, -0.2) is 9.97 Å². The minimum atomic E-state index is -0.345. The molecule has 21 heavy (non-hydrogen) atoms. The molecule has 1 aromatic rings. The van der Waals surface area contributed by atoms with Gasteiger partial charge in [0.1, 0.15) is 5.44 Å². The molecule has 0 saturated carbocycles. The summed E-state index contributed by atoms with van der Waals surface area (Å²) in [7, 11) is 3.97. The Labute approximate surface area is 129 Å². The molecule has 2 rings (SSSR count). The molecule has 0 amide bonds. The molecule has 116 valence electrons. The van der Waals surface area contributed by atoms with Gasteiger partial charge in [0.2, 0.25) is 0 Å². The fourth-order valence-electron chi connectivity index (χ4n) is 2.39. The van der Waals surface area contributed by atoms with E-state index in [-0.39, 0.29) is 29.7 Å². The van der Waals surface area contributed by atoms with Crippen molar-refractivity contribution in [3.63, 3.8) is 0 Å². The summed E-state index contributed by atoms with van der Waals surface area (Å²) in [5.41, 5.74) is -0.313. The van der Waals surface area contributed by atoms with Crippen LogP contribution in [0.25, 0.3) is 0 Å². The zero-order valence-corrected chi connectivity index (χ0v) is 13.5. The summed E-state index contributed by atoms with van der Waals surface area (Å²) < 4.78 is 11.5. The smallest absolute Gasteiger partial charge is 0.303 e. The molecule has 7 heteroatoms. The third-order valence-corrected chi connectivity index (χ3v) is 4.35. The van der Waals surface area contributed by atoms with Crippen molar-refractivity contribution in [1.82, 2.24) is 14.9 Å². The van der Waals surface area contributed by atoms with Gasteiger partial charge in [0.05, 0.1) is 12.1 Å². The number of carbonyl (C=O) groups is 1. The van der Waals surface area contributed by atoms with E-state index in [9.17, 15) is 4.79 Å². The second kappa shape index (κ2) is 7.20. The summed E-state index contributed by atoms with van der Waals surface area (Å²) in [6.45, 7) is 3.45. The summed E-state index contributed by atoms with van der Waals surface area (Å²) in [6.07, 6.45) is 3.93. The second-order valence-electron chi connectivity index (χ2n) is 5.31. The van der Waals surface area contributed by atoms with Crippen molar-refractivity contribution in [3.05, 3.63) is 18.5 Å². The molecule has 2 heterocycles. The molecule has 0 aliphatic carbocycles.